The van der Waals surface area contributed by atoms with Gasteiger partial charge in [0, 0.05) is 0 Å². The standard InChI is InChI=1S/C24H22N4O3/c25-21-22(26)27-23(28-24(21)29)19-13-18(30-14-16-7-3-1-4-8-16)11-12-20(19)31-15-17-9-5-2-6-10-17/h1-13H,14-15,25H2,(H3,26,27,28,29). The zero-order chi connectivity index (χ0) is 21.6. The number of benzene rings is 3. The van der Waals surface area contributed by atoms with Gasteiger partial charge < -0.3 is 25.9 Å². The fourth-order valence-electron chi connectivity index (χ4n) is 3.01. The van der Waals surface area contributed by atoms with Crippen molar-refractivity contribution in [1.29, 1.82) is 0 Å². The van der Waals surface area contributed by atoms with Gasteiger partial charge in [0.2, 0.25) is 0 Å². The first kappa shape index (κ1) is 20.0. The molecule has 0 spiro atoms. The van der Waals surface area contributed by atoms with E-state index < -0.39 is 5.56 Å². The SMILES string of the molecule is Nc1nc(-c2cc(OCc3ccccc3)ccc2OCc2ccccc2)[nH]c(=O)c1N. The summed E-state index contributed by atoms with van der Waals surface area (Å²) in [5, 5.41) is 0. The van der Waals surface area contributed by atoms with Crippen LogP contribution in [0.4, 0.5) is 11.5 Å². The minimum absolute atomic E-state index is 0.0385. The number of H-pyrrole nitrogens is 1. The van der Waals surface area contributed by atoms with Crippen LogP contribution in [0.25, 0.3) is 11.4 Å². The molecule has 0 radical (unpaired) electrons. The highest BCUT2D eigenvalue weighted by Gasteiger charge is 2.14. The minimum atomic E-state index is -0.507. The number of rotatable bonds is 7. The Morgan fingerprint density at radius 3 is 2.03 bits per heavy atom. The zero-order valence-corrected chi connectivity index (χ0v) is 16.7. The van der Waals surface area contributed by atoms with E-state index in [2.05, 4.69) is 9.97 Å². The van der Waals surface area contributed by atoms with Crippen molar-refractivity contribution in [2.45, 2.75) is 13.2 Å². The molecule has 0 aliphatic rings. The van der Waals surface area contributed by atoms with E-state index in [1.165, 1.54) is 0 Å². The number of ether oxygens (including phenoxy) is 2. The highest BCUT2D eigenvalue weighted by Crippen LogP contribution is 2.33. The topological polar surface area (TPSA) is 116 Å². The molecule has 0 amide bonds. The Morgan fingerprint density at radius 1 is 0.806 bits per heavy atom. The molecule has 4 aromatic rings. The van der Waals surface area contributed by atoms with Gasteiger partial charge in [-0.2, -0.15) is 0 Å². The van der Waals surface area contributed by atoms with Crippen LogP contribution in [-0.4, -0.2) is 9.97 Å². The normalized spacial score (nSPS) is 10.6. The molecule has 5 N–H and O–H groups in total. The maximum atomic E-state index is 12.1. The molecule has 3 aromatic carbocycles. The van der Waals surface area contributed by atoms with Crippen molar-refractivity contribution in [3.63, 3.8) is 0 Å². The number of hydrogen-bond donors (Lipinski definition) is 3. The summed E-state index contributed by atoms with van der Waals surface area (Å²) in [6, 6.07) is 25.0. The average molecular weight is 414 g/mol. The second kappa shape index (κ2) is 9.04. The van der Waals surface area contributed by atoms with Gasteiger partial charge in [0.1, 0.15) is 36.2 Å². The molecule has 1 aromatic heterocycles. The number of hydrogen-bond acceptors (Lipinski definition) is 6. The van der Waals surface area contributed by atoms with Gasteiger partial charge in [0.25, 0.3) is 5.56 Å². The molecule has 0 fully saturated rings. The molecule has 0 saturated heterocycles. The molecule has 1 heterocycles. The van der Waals surface area contributed by atoms with E-state index in [4.69, 9.17) is 20.9 Å². The summed E-state index contributed by atoms with van der Waals surface area (Å²) in [6.45, 7) is 0.755. The van der Waals surface area contributed by atoms with E-state index in [-0.39, 0.29) is 17.3 Å². The van der Waals surface area contributed by atoms with E-state index in [1.807, 2.05) is 66.7 Å². The van der Waals surface area contributed by atoms with Crippen LogP contribution in [0.1, 0.15) is 11.1 Å². The summed E-state index contributed by atoms with van der Waals surface area (Å²) < 4.78 is 11.9. The van der Waals surface area contributed by atoms with E-state index in [1.54, 1.807) is 12.1 Å². The van der Waals surface area contributed by atoms with Crippen LogP contribution in [0, 0.1) is 0 Å². The Kier molecular flexibility index (Phi) is 5.84. The fraction of sp³-hybridized carbons (Fsp3) is 0.0833. The third-order valence-electron chi connectivity index (χ3n) is 4.68. The number of anilines is 2. The second-order valence-electron chi connectivity index (χ2n) is 6.92. The predicted molar refractivity (Wildman–Crippen MR) is 121 cm³/mol. The maximum Gasteiger partial charge on any atom is 0.276 e. The Hall–Kier alpha value is -4.26. The first-order chi connectivity index (χ1) is 15.1. The Bertz CT molecular complexity index is 1220. The van der Waals surface area contributed by atoms with Crippen LogP contribution in [0.3, 0.4) is 0 Å². The van der Waals surface area contributed by atoms with Crippen LogP contribution in [0.2, 0.25) is 0 Å². The fourth-order valence-corrected chi connectivity index (χ4v) is 3.01. The summed E-state index contributed by atoms with van der Waals surface area (Å²) in [4.78, 5) is 19.1. The molecule has 7 heteroatoms. The monoisotopic (exact) mass is 414 g/mol. The van der Waals surface area contributed by atoms with Crippen LogP contribution in [-0.2, 0) is 13.2 Å². The van der Waals surface area contributed by atoms with Gasteiger partial charge >= 0.3 is 0 Å². The molecule has 0 saturated carbocycles. The van der Waals surface area contributed by atoms with Crippen molar-refractivity contribution < 1.29 is 9.47 Å². The first-order valence-corrected chi connectivity index (χ1v) is 9.73. The van der Waals surface area contributed by atoms with Gasteiger partial charge in [0.05, 0.1) is 5.56 Å². The van der Waals surface area contributed by atoms with Crippen LogP contribution in [0.5, 0.6) is 11.5 Å². The highest BCUT2D eigenvalue weighted by atomic mass is 16.5. The Morgan fingerprint density at radius 2 is 1.42 bits per heavy atom. The lowest BCUT2D eigenvalue weighted by Gasteiger charge is -2.14. The molecule has 0 aliphatic heterocycles. The molecule has 0 unspecified atom stereocenters. The van der Waals surface area contributed by atoms with Gasteiger partial charge in [-0.3, -0.25) is 4.79 Å². The minimum Gasteiger partial charge on any atom is -0.489 e. The molecular weight excluding hydrogens is 392 g/mol. The number of aromatic nitrogens is 2. The summed E-state index contributed by atoms with van der Waals surface area (Å²) >= 11 is 0. The molecule has 0 aliphatic carbocycles. The second-order valence-corrected chi connectivity index (χ2v) is 6.92. The van der Waals surface area contributed by atoms with Gasteiger partial charge in [-0.15, -0.1) is 0 Å². The smallest absolute Gasteiger partial charge is 0.276 e. The van der Waals surface area contributed by atoms with Crippen LogP contribution >= 0.6 is 0 Å². The Labute approximate surface area is 179 Å². The molecule has 4 rings (SSSR count). The summed E-state index contributed by atoms with van der Waals surface area (Å²) in [5.41, 5.74) is 13.4. The number of nitrogens with one attached hydrogen (secondary N) is 1. The summed E-state index contributed by atoms with van der Waals surface area (Å²) in [6.07, 6.45) is 0. The number of aromatic amines is 1. The third kappa shape index (κ3) is 4.84. The van der Waals surface area contributed by atoms with Gasteiger partial charge in [-0.05, 0) is 29.3 Å². The molecule has 7 nitrogen and oxygen atoms in total. The van der Waals surface area contributed by atoms with E-state index in [0.717, 1.165) is 11.1 Å². The molecule has 0 bridgehead atoms. The average Bonchev–Trinajstić information content (AvgIpc) is 2.81. The maximum absolute atomic E-state index is 12.1. The molecule has 31 heavy (non-hydrogen) atoms. The van der Waals surface area contributed by atoms with E-state index >= 15 is 0 Å². The lowest BCUT2D eigenvalue weighted by Crippen LogP contribution is -2.17. The van der Waals surface area contributed by atoms with Crippen molar-refractivity contribution >= 4 is 11.5 Å². The number of nitrogens with two attached hydrogens (primary N) is 2. The van der Waals surface area contributed by atoms with Gasteiger partial charge in [-0.25, -0.2) is 4.98 Å². The van der Waals surface area contributed by atoms with Crippen molar-refractivity contribution in [3.8, 4) is 22.9 Å². The Balaban J connectivity index is 1.66. The summed E-state index contributed by atoms with van der Waals surface area (Å²) in [7, 11) is 0. The van der Waals surface area contributed by atoms with E-state index in [0.29, 0.717) is 30.3 Å². The number of nitrogens with zero attached hydrogens (tertiary/aromatic N) is 1. The van der Waals surface area contributed by atoms with E-state index in [9.17, 15) is 4.79 Å². The van der Waals surface area contributed by atoms with Crippen molar-refractivity contribution in [2.24, 2.45) is 0 Å². The van der Waals surface area contributed by atoms with Gasteiger partial charge in [0.15, 0.2) is 5.82 Å². The molecule has 156 valence electrons. The van der Waals surface area contributed by atoms with Gasteiger partial charge in [-0.1, -0.05) is 60.7 Å². The van der Waals surface area contributed by atoms with Crippen molar-refractivity contribution in [1.82, 2.24) is 9.97 Å². The lowest BCUT2D eigenvalue weighted by atomic mass is 10.1. The lowest BCUT2D eigenvalue weighted by molar-refractivity contribution is 0.298. The third-order valence-corrected chi connectivity index (χ3v) is 4.68. The zero-order valence-electron chi connectivity index (χ0n) is 16.7. The molecular formula is C24H22N4O3. The van der Waals surface area contributed by atoms with Crippen molar-refractivity contribution in [2.75, 3.05) is 11.5 Å². The quantitative estimate of drug-likeness (QED) is 0.424. The van der Waals surface area contributed by atoms with Crippen molar-refractivity contribution in [3.05, 3.63) is 100 Å². The highest BCUT2D eigenvalue weighted by molar-refractivity contribution is 5.69. The van der Waals surface area contributed by atoms with Crippen LogP contribution < -0.4 is 26.5 Å². The molecule has 0 atom stereocenters. The largest absolute Gasteiger partial charge is 0.489 e. The predicted octanol–water partition coefficient (Wildman–Crippen LogP) is 3.76. The van der Waals surface area contributed by atoms with Crippen LogP contribution in [0.15, 0.2) is 83.7 Å². The summed E-state index contributed by atoms with van der Waals surface area (Å²) in [5.74, 6) is 1.35. The first-order valence-electron chi connectivity index (χ1n) is 9.73. The number of nitrogen functional groups attached to an aromatic ring is 2.